The number of nitrogens with zero attached hydrogens (tertiary/aromatic N) is 2. The molecular formula is C15H23N3O2. The van der Waals surface area contributed by atoms with Crippen LogP contribution < -0.4 is 5.32 Å². The van der Waals surface area contributed by atoms with E-state index in [1.807, 2.05) is 32.9 Å². The molecule has 1 N–H and O–H groups in total. The maximum absolute atomic E-state index is 11.8. The molecule has 0 fully saturated rings. The third-order valence-electron chi connectivity index (χ3n) is 2.92. The van der Waals surface area contributed by atoms with E-state index in [4.69, 9.17) is 0 Å². The average Bonchev–Trinajstić information content (AvgIpc) is 2.37. The fourth-order valence-corrected chi connectivity index (χ4v) is 1.63. The number of nitrogens with one attached hydrogen (secondary N) is 1. The maximum atomic E-state index is 11.8. The summed E-state index contributed by atoms with van der Waals surface area (Å²) in [5, 5.41) is 2.85. The molecule has 2 amide bonds. The van der Waals surface area contributed by atoms with Crippen LogP contribution in [0.2, 0.25) is 0 Å². The lowest BCUT2D eigenvalue weighted by Gasteiger charge is -2.23. The average molecular weight is 277 g/mol. The molecule has 0 saturated heterocycles. The van der Waals surface area contributed by atoms with Crippen molar-refractivity contribution >= 4 is 11.8 Å². The van der Waals surface area contributed by atoms with Crippen LogP contribution in [0.5, 0.6) is 0 Å². The summed E-state index contributed by atoms with van der Waals surface area (Å²) in [6.07, 6.45) is 3.41. The zero-order chi connectivity index (χ0) is 15.2. The minimum atomic E-state index is -0.411. The van der Waals surface area contributed by atoms with Crippen LogP contribution in [-0.2, 0) is 16.1 Å². The number of rotatable bonds is 5. The van der Waals surface area contributed by atoms with Gasteiger partial charge in [-0.1, -0.05) is 20.8 Å². The summed E-state index contributed by atoms with van der Waals surface area (Å²) >= 11 is 0. The Morgan fingerprint density at radius 2 is 1.85 bits per heavy atom. The van der Waals surface area contributed by atoms with E-state index in [0.29, 0.717) is 19.6 Å². The molecule has 0 aliphatic rings. The highest BCUT2D eigenvalue weighted by Gasteiger charge is 2.20. The maximum Gasteiger partial charge on any atom is 0.225 e. The SMILES string of the molecule is CC(=O)N(CCNC(=O)C(C)(C)C)Cc1ccncc1. The lowest BCUT2D eigenvalue weighted by Crippen LogP contribution is -2.41. The van der Waals surface area contributed by atoms with E-state index in [2.05, 4.69) is 10.3 Å². The van der Waals surface area contributed by atoms with Crippen molar-refractivity contribution in [2.45, 2.75) is 34.2 Å². The van der Waals surface area contributed by atoms with Gasteiger partial charge in [-0.2, -0.15) is 0 Å². The van der Waals surface area contributed by atoms with Crippen LogP contribution in [0.1, 0.15) is 33.3 Å². The van der Waals surface area contributed by atoms with Crippen LogP contribution in [0.4, 0.5) is 0 Å². The standard InChI is InChI=1S/C15H23N3O2/c1-12(19)18(11-13-5-7-16-8-6-13)10-9-17-14(20)15(2,3)4/h5-8H,9-11H2,1-4H3,(H,17,20). The van der Waals surface area contributed by atoms with Gasteiger partial charge in [0, 0.05) is 44.4 Å². The molecular weight excluding hydrogens is 254 g/mol. The Morgan fingerprint density at radius 1 is 1.25 bits per heavy atom. The van der Waals surface area contributed by atoms with Crippen molar-refractivity contribution in [2.75, 3.05) is 13.1 Å². The van der Waals surface area contributed by atoms with Crippen molar-refractivity contribution in [1.82, 2.24) is 15.2 Å². The molecule has 1 aromatic heterocycles. The van der Waals surface area contributed by atoms with Crippen LogP contribution >= 0.6 is 0 Å². The zero-order valence-electron chi connectivity index (χ0n) is 12.6. The Morgan fingerprint density at radius 3 is 2.35 bits per heavy atom. The first-order chi connectivity index (χ1) is 9.30. The summed E-state index contributed by atoms with van der Waals surface area (Å²) < 4.78 is 0. The molecule has 110 valence electrons. The first-order valence-electron chi connectivity index (χ1n) is 6.73. The van der Waals surface area contributed by atoms with E-state index in [1.165, 1.54) is 6.92 Å². The van der Waals surface area contributed by atoms with E-state index < -0.39 is 5.41 Å². The number of carbonyl (C=O) groups excluding carboxylic acids is 2. The minimum Gasteiger partial charge on any atom is -0.354 e. The first-order valence-corrected chi connectivity index (χ1v) is 6.73. The lowest BCUT2D eigenvalue weighted by atomic mass is 9.96. The fourth-order valence-electron chi connectivity index (χ4n) is 1.63. The Balaban J connectivity index is 2.49. The first kappa shape index (κ1) is 16.1. The molecule has 1 aromatic rings. The third kappa shape index (κ3) is 5.38. The van der Waals surface area contributed by atoms with E-state index in [-0.39, 0.29) is 11.8 Å². The number of hydrogen-bond donors (Lipinski definition) is 1. The highest BCUT2D eigenvalue weighted by molar-refractivity contribution is 5.81. The fraction of sp³-hybridized carbons (Fsp3) is 0.533. The van der Waals surface area contributed by atoms with Crippen molar-refractivity contribution in [3.05, 3.63) is 30.1 Å². The topological polar surface area (TPSA) is 62.3 Å². The predicted molar refractivity (Wildman–Crippen MR) is 77.8 cm³/mol. The largest absolute Gasteiger partial charge is 0.354 e. The van der Waals surface area contributed by atoms with Crippen LogP contribution in [0, 0.1) is 5.41 Å². The molecule has 5 nitrogen and oxygen atoms in total. The summed E-state index contributed by atoms with van der Waals surface area (Å²) in [4.78, 5) is 29.0. The summed E-state index contributed by atoms with van der Waals surface area (Å²) in [6.45, 7) is 8.61. The summed E-state index contributed by atoms with van der Waals surface area (Å²) in [5.41, 5.74) is 0.615. The minimum absolute atomic E-state index is 0.00757. The molecule has 0 aromatic carbocycles. The molecule has 1 heterocycles. The summed E-state index contributed by atoms with van der Waals surface area (Å²) in [7, 11) is 0. The van der Waals surface area contributed by atoms with Gasteiger partial charge in [-0.15, -0.1) is 0 Å². The second-order valence-corrected chi connectivity index (χ2v) is 5.80. The smallest absolute Gasteiger partial charge is 0.225 e. The second-order valence-electron chi connectivity index (χ2n) is 5.80. The zero-order valence-corrected chi connectivity index (χ0v) is 12.6. The highest BCUT2D eigenvalue weighted by atomic mass is 16.2. The van der Waals surface area contributed by atoms with Gasteiger partial charge in [0.2, 0.25) is 11.8 Å². The number of amides is 2. The van der Waals surface area contributed by atoms with Gasteiger partial charge in [0.1, 0.15) is 0 Å². The molecule has 0 unspecified atom stereocenters. The van der Waals surface area contributed by atoms with E-state index in [1.54, 1.807) is 17.3 Å². The van der Waals surface area contributed by atoms with Gasteiger partial charge in [-0.05, 0) is 17.7 Å². The van der Waals surface area contributed by atoms with Gasteiger partial charge in [0.05, 0.1) is 0 Å². The Labute approximate surface area is 120 Å². The normalized spacial score (nSPS) is 11.0. The van der Waals surface area contributed by atoms with Crippen molar-refractivity contribution in [1.29, 1.82) is 0 Å². The monoisotopic (exact) mass is 277 g/mol. The van der Waals surface area contributed by atoms with Gasteiger partial charge in [0.15, 0.2) is 0 Å². The Kier molecular flexibility index (Phi) is 5.67. The Bertz CT molecular complexity index is 452. The molecule has 0 aliphatic carbocycles. The lowest BCUT2D eigenvalue weighted by molar-refractivity contribution is -0.131. The number of aromatic nitrogens is 1. The predicted octanol–water partition coefficient (Wildman–Crippen LogP) is 1.59. The quantitative estimate of drug-likeness (QED) is 0.889. The second kappa shape index (κ2) is 7.03. The molecule has 20 heavy (non-hydrogen) atoms. The van der Waals surface area contributed by atoms with Gasteiger partial charge < -0.3 is 10.2 Å². The number of carbonyl (C=O) groups is 2. The molecule has 0 atom stereocenters. The van der Waals surface area contributed by atoms with Crippen LogP contribution in [0.25, 0.3) is 0 Å². The highest BCUT2D eigenvalue weighted by Crippen LogP contribution is 2.12. The molecule has 0 spiro atoms. The van der Waals surface area contributed by atoms with Gasteiger partial charge in [-0.3, -0.25) is 14.6 Å². The van der Waals surface area contributed by atoms with Gasteiger partial charge in [-0.25, -0.2) is 0 Å². The van der Waals surface area contributed by atoms with Gasteiger partial charge in [0.25, 0.3) is 0 Å². The number of pyridine rings is 1. The van der Waals surface area contributed by atoms with Gasteiger partial charge >= 0.3 is 0 Å². The molecule has 5 heteroatoms. The Hall–Kier alpha value is -1.91. The van der Waals surface area contributed by atoms with E-state index in [9.17, 15) is 9.59 Å². The van der Waals surface area contributed by atoms with Crippen molar-refractivity contribution in [3.63, 3.8) is 0 Å². The molecule has 0 bridgehead atoms. The molecule has 0 aliphatic heterocycles. The summed E-state index contributed by atoms with van der Waals surface area (Å²) in [5.74, 6) is -0.0169. The molecule has 0 saturated carbocycles. The van der Waals surface area contributed by atoms with Crippen LogP contribution in [-0.4, -0.2) is 34.8 Å². The van der Waals surface area contributed by atoms with Crippen LogP contribution in [0.3, 0.4) is 0 Å². The van der Waals surface area contributed by atoms with E-state index in [0.717, 1.165) is 5.56 Å². The summed E-state index contributed by atoms with van der Waals surface area (Å²) in [6, 6.07) is 3.76. The van der Waals surface area contributed by atoms with Crippen molar-refractivity contribution < 1.29 is 9.59 Å². The molecule has 1 rings (SSSR count). The molecule has 0 radical (unpaired) electrons. The van der Waals surface area contributed by atoms with E-state index >= 15 is 0 Å². The van der Waals surface area contributed by atoms with Crippen LogP contribution in [0.15, 0.2) is 24.5 Å². The van der Waals surface area contributed by atoms with Crippen molar-refractivity contribution in [2.24, 2.45) is 5.41 Å². The third-order valence-corrected chi connectivity index (χ3v) is 2.92. The van der Waals surface area contributed by atoms with Crippen molar-refractivity contribution in [3.8, 4) is 0 Å². The number of hydrogen-bond acceptors (Lipinski definition) is 3.